The Balaban J connectivity index is 2.24. The van der Waals surface area contributed by atoms with Crippen LogP contribution in [0.25, 0.3) is 4.85 Å². The van der Waals surface area contributed by atoms with Crippen molar-refractivity contribution in [3.8, 4) is 0 Å². The molecule has 1 aromatic heterocycles. The molecule has 2 N–H and O–H groups in total. The first-order valence-corrected chi connectivity index (χ1v) is 6.88. The molecule has 1 amide bonds. The average molecular weight is 300 g/mol. The lowest BCUT2D eigenvalue weighted by molar-refractivity contribution is 0.0696. The van der Waals surface area contributed by atoms with E-state index in [1.54, 1.807) is 0 Å². The molecular formula is C15H12N2O3S. The van der Waals surface area contributed by atoms with Gasteiger partial charge in [-0.3, -0.25) is 4.79 Å². The van der Waals surface area contributed by atoms with E-state index in [2.05, 4.69) is 10.2 Å². The van der Waals surface area contributed by atoms with Gasteiger partial charge in [0.1, 0.15) is 5.00 Å². The second-order valence-electron chi connectivity index (χ2n) is 4.41. The van der Waals surface area contributed by atoms with Crippen LogP contribution in [0.1, 0.15) is 31.2 Å². The predicted octanol–water partition coefficient (Wildman–Crippen LogP) is 3.87. The number of aromatic carboxylic acids is 1. The number of aryl methyl sites for hydroxylation is 1. The van der Waals surface area contributed by atoms with Gasteiger partial charge in [-0.1, -0.05) is 0 Å². The molecule has 1 aromatic carbocycles. The minimum atomic E-state index is -1.04. The van der Waals surface area contributed by atoms with Crippen molar-refractivity contribution in [3.05, 3.63) is 57.3 Å². The van der Waals surface area contributed by atoms with Crippen LogP contribution in [-0.2, 0) is 0 Å². The first kappa shape index (κ1) is 14.8. The van der Waals surface area contributed by atoms with Gasteiger partial charge < -0.3 is 10.4 Å². The lowest BCUT2D eigenvalue weighted by atomic mass is 10.1. The fraction of sp³-hybridized carbons (Fsp3) is 0.133. The third-order valence-corrected chi connectivity index (χ3v) is 4.20. The Labute approximate surface area is 125 Å². The van der Waals surface area contributed by atoms with Crippen molar-refractivity contribution in [2.45, 2.75) is 13.8 Å². The van der Waals surface area contributed by atoms with Crippen molar-refractivity contribution in [2.75, 3.05) is 5.32 Å². The quantitative estimate of drug-likeness (QED) is 0.845. The average Bonchev–Trinajstić information content (AvgIpc) is 2.73. The Morgan fingerprint density at radius 1 is 1.19 bits per heavy atom. The topological polar surface area (TPSA) is 70.8 Å². The normalized spacial score (nSPS) is 9.95. The number of anilines is 1. The van der Waals surface area contributed by atoms with Crippen LogP contribution < -0.4 is 5.32 Å². The summed E-state index contributed by atoms with van der Waals surface area (Å²) in [5.41, 5.74) is 1.79. The Morgan fingerprint density at radius 2 is 1.76 bits per heavy atom. The van der Waals surface area contributed by atoms with Crippen LogP contribution in [-0.4, -0.2) is 17.0 Å². The summed E-state index contributed by atoms with van der Waals surface area (Å²) in [6, 6.07) is 5.64. The second-order valence-corrected chi connectivity index (χ2v) is 5.63. The summed E-state index contributed by atoms with van der Waals surface area (Å²) >= 11 is 1.36. The molecule has 0 saturated carbocycles. The van der Waals surface area contributed by atoms with E-state index in [9.17, 15) is 9.59 Å². The predicted molar refractivity (Wildman–Crippen MR) is 81.4 cm³/mol. The molecular weight excluding hydrogens is 288 g/mol. The molecule has 0 fully saturated rings. The number of carbonyl (C=O) groups excluding carboxylic acids is 1. The molecule has 21 heavy (non-hydrogen) atoms. The van der Waals surface area contributed by atoms with Gasteiger partial charge in [0, 0.05) is 5.56 Å². The maximum Gasteiger partial charge on any atom is 0.335 e. The third kappa shape index (κ3) is 2.93. The standard InChI is InChI=1S/C15H12N2O3S/c1-8-9(2)21-14(12(8)16-3)17-13(18)10-4-6-11(7-5-10)15(19)20/h4-7H,1-2H3,(H,17,18)(H,19,20). The third-order valence-electron chi connectivity index (χ3n) is 3.09. The highest BCUT2D eigenvalue weighted by molar-refractivity contribution is 7.17. The molecule has 0 aliphatic rings. The molecule has 106 valence electrons. The van der Waals surface area contributed by atoms with Crippen LogP contribution >= 0.6 is 11.3 Å². The van der Waals surface area contributed by atoms with Gasteiger partial charge in [-0.25, -0.2) is 9.64 Å². The van der Waals surface area contributed by atoms with Gasteiger partial charge in [0.25, 0.3) is 5.91 Å². The fourth-order valence-corrected chi connectivity index (χ4v) is 2.77. The van der Waals surface area contributed by atoms with E-state index in [-0.39, 0.29) is 11.5 Å². The van der Waals surface area contributed by atoms with Crippen LogP contribution in [0.4, 0.5) is 10.7 Å². The van der Waals surface area contributed by atoms with Gasteiger partial charge in [0.2, 0.25) is 5.69 Å². The number of hydrogen-bond donors (Lipinski definition) is 2. The number of carboxylic acids is 1. The number of hydrogen-bond acceptors (Lipinski definition) is 3. The van der Waals surface area contributed by atoms with E-state index < -0.39 is 5.97 Å². The number of amides is 1. The van der Waals surface area contributed by atoms with E-state index in [0.29, 0.717) is 16.3 Å². The van der Waals surface area contributed by atoms with Crippen LogP contribution in [0.3, 0.4) is 0 Å². The van der Waals surface area contributed by atoms with E-state index in [1.807, 2.05) is 13.8 Å². The summed E-state index contributed by atoms with van der Waals surface area (Å²) < 4.78 is 0. The second kappa shape index (κ2) is 5.77. The number of carboxylic acid groups (broad SMARTS) is 1. The van der Waals surface area contributed by atoms with Gasteiger partial charge in [-0.05, 0) is 48.6 Å². The van der Waals surface area contributed by atoms with Crippen LogP contribution in [0, 0.1) is 20.4 Å². The molecule has 0 saturated heterocycles. The lowest BCUT2D eigenvalue weighted by Crippen LogP contribution is -2.11. The van der Waals surface area contributed by atoms with Gasteiger partial charge in [0.15, 0.2) is 0 Å². The van der Waals surface area contributed by atoms with Gasteiger partial charge >= 0.3 is 5.97 Å². The van der Waals surface area contributed by atoms with E-state index in [4.69, 9.17) is 11.7 Å². The zero-order valence-corrected chi connectivity index (χ0v) is 12.2. The Kier molecular flexibility index (Phi) is 4.05. The molecule has 1 heterocycles. The summed E-state index contributed by atoms with van der Waals surface area (Å²) in [4.78, 5) is 27.3. The maximum atomic E-state index is 12.1. The van der Waals surface area contributed by atoms with E-state index in [1.165, 1.54) is 35.6 Å². The van der Waals surface area contributed by atoms with Gasteiger partial charge in [-0.15, -0.1) is 11.3 Å². The summed E-state index contributed by atoms with van der Waals surface area (Å²) in [7, 11) is 0. The number of carbonyl (C=O) groups is 2. The summed E-state index contributed by atoms with van der Waals surface area (Å²) in [6.45, 7) is 10.9. The molecule has 2 rings (SSSR count). The van der Waals surface area contributed by atoms with Crippen molar-refractivity contribution in [3.63, 3.8) is 0 Å². The van der Waals surface area contributed by atoms with Crippen LogP contribution in [0.2, 0.25) is 0 Å². The molecule has 6 heteroatoms. The number of nitrogens with one attached hydrogen (secondary N) is 1. The largest absolute Gasteiger partial charge is 0.478 e. The van der Waals surface area contributed by atoms with Crippen molar-refractivity contribution < 1.29 is 14.7 Å². The van der Waals surface area contributed by atoms with Crippen molar-refractivity contribution in [2.24, 2.45) is 0 Å². The minimum Gasteiger partial charge on any atom is -0.478 e. The molecule has 0 unspecified atom stereocenters. The highest BCUT2D eigenvalue weighted by atomic mass is 32.1. The molecule has 0 aliphatic heterocycles. The Hall–Kier alpha value is -2.65. The van der Waals surface area contributed by atoms with Gasteiger partial charge in [0.05, 0.1) is 12.1 Å². The molecule has 5 nitrogen and oxygen atoms in total. The van der Waals surface area contributed by atoms with Crippen molar-refractivity contribution >= 4 is 33.9 Å². The van der Waals surface area contributed by atoms with E-state index in [0.717, 1.165) is 10.4 Å². The first-order valence-electron chi connectivity index (χ1n) is 6.06. The molecule has 2 aromatic rings. The highest BCUT2D eigenvalue weighted by Gasteiger charge is 2.16. The highest BCUT2D eigenvalue weighted by Crippen LogP contribution is 2.39. The van der Waals surface area contributed by atoms with Gasteiger partial charge in [-0.2, -0.15) is 0 Å². The summed E-state index contributed by atoms with van der Waals surface area (Å²) in [5.74, 6) is -1.40. The Bertz CT molecular complexity index is 754. The van der Waals surface area contributed by atoms with Crippen molar-refractivity contribution in [1.29, 1.82) is 0 Å². The zero-order chi connectivity index (χ0) is 15.6. The Morgan fingerprint density at radius 3 is 2.29 bits per heavy atom. The summed E-state index contributed by atoms with van der Waals surface area (Å²) in [6.07, 6.45) is 0. The number of nitrogens with zero attached hydrogens (tertiary/aromatic N) is 1. The number of thiophene rings is 1. The molecule has 0 radical (unpaired) electrons. The van der Waals surface area contributed by atoms with E-state index >= 15 is 0 Å². The maximum absolute atomic E-state index is 12.1. The lowest BCUT2D eigenvalue weighted by Gasteiger charge is -2.04. The van der Waals surface area contributed by atoms with Crippen LogP contribution in [0.15, 0.2) is 24.3 Å². The number of rotatable bonds is 3. The molecule has 0 atom stereocenters. The monoisotopic (exact) mass is 300 g/mol. The SMILES string of the molecule is [C-]#[N+]c1c(NC(=O)c2ccc(C(=O)O)cc2)sc(C)c1C. The molecule has 0 aliphatic carbocycles. The van der Waals surface area contributed by atoms with Crippen molar-refractivity contribution in [1.82, 2.24) is 0 Å². The molecule has 0 bridgehead atoms. The fourth-order valence-electron chi connectivity index (χ4n) is 1.77. The van der Waals surface area contributed by atoms with Crippen LogP contribution in [0.5, 0.6) is 0 Å². The number of benzene rings is 1. The summed E-state index contributed by atoms with van der Waals surface area (Å²) in [5, 5.41) is 12.0. The minimum absolute atomic E-state index is 0.121. The smallest absolute Gasteiger partial charge is 0.335 e. The molecule has 0 spiro atoms. The first-order chi connectivity index (χ1) is 9.93. The zero-order valence-electron chi connectivity index (χ0n) is 11.4.